The normalized spacial score (nSPS) is 21.9. The Morgan fingerprint density at radius 2 is 1.81 bits per heavy atom. The Labute approximate surface area is 221 Å². The first-order valence-corrected chi connectivity index (χ1v) is 13.3. The molecule has 206 valence electrons. The number of carbonyl (C=O) groups is 2. The number of carbonyl (C=O) groups excluding carboxylic acids is 2. The summed E-state index contributed by atoms with van der Waals surface area (Å²) in [4.78, 5) is 35.3. The van der Waals surface area contributed by atoms with Crippen molar-refractivity contribution in [2.24, 2.45) is 5.92 Å². The Morgan fingerprint density at radius 1 is 1.19 bits per heavy atom. The molecule has 1 aromatic heterocycles. The Morgan fingerprint density at radius 3 is 2.41 bits per heavy atom. The number of likely N-dealkylation sites (tertiary alicyclic amines) is 1. The van der Waals surface area contributed by atoms with Gasteiger partial charge in [-0.1, -0.05) is 0 Å². The van der Waals surface area contributed by atoms with Gasteiger partial charge in [0, 0.05) is 30.9 Å². The molecule has 2 amide bonds. The van der Waals surface area contributed by atoms with Crippen molar-refractivity contribution >= 4 is 24.6 Å². The summed E-state index contributed by atoms with van der Waals surface area (Å²) in [5, 5.41) is 2.65. The summed E-state index contributed by atoms with van der Waals surface area (Å²) >= 11 is 0. The van der Waals surface area contributed by atoms with Gasteiger partial charge in [0.05, 0.1) is 17.8 Å². The number of rotatable bonds is 8. The standard InChI is InChI=1S/C26H43BN4O6/c1-18(30-23(33)35-24(2,3)4)21(32)31-13-9-11-19(17-31)12-10-14-34-22-28-15-20(16-29-22)27-36-25(5,6)26(7,8)37-27/h15-16,18-19H,9-14,17H2,1-8H3,(H,30,33)/t18-,19+/m1/s1. The first-order chi connectivity index (χ1) is 17.2. The molecule has 2 aliphatic heterocycles. The maximum absolute atomic E-state index is 12.9. The van der Waals surface area contributed by atoms with Crippen LogP contribution in [0.25, 0.3) is 0 Å². The molecule has 0 saturated carbocycles. The van der Waals surface area contributed by atoms with E-state index in [0.717, 1.165) is 31.1 Å². The lowest BCUT2D eigenvalue weighted by Gasteiger charge is -2.34. The third kappa shape index (κ3) is 8.04. The molecule has 1 aromatic rings. The number of amides is 2. The summed E-state index contributed by atoms with van der Waals surface area (Å²) in [6, 6.07) is -0.308. The summed E-state index contributed by atoms with van der Waals surface area (Å²) in [5.41, 5.74) is -0.684. The van der Waals surface area contributed by atoms with Gasteiger partial charge in [-0.3, -0.25) is 4.79 Å². The summed E-state index contributed by atoms with van der Waals surface area (Å²) in [5.74, 6) is 0.309. The Bertz CT molecular complexity index is 918. The van der Waals surface area contributed by atoms with Crippen LogP contribution in [0.15, 0.2) is 12.4 Å². The molecule has 37 heavy (non-hydrogen) atoms. The Kier molecular flexibility index (Phi) is 9.11. The minimum atomic E-state index is -0.630. The zero-order chi connectivity index (χ0) is 27.4. The number of hydrogen-bond donors (Lipinski definition) is 1. The smallest absolute Gasteiger partial charge is 0.463 e. The van der Waals surface area contributed by atoms with E-state index in [-0.39, 0.29) is 5.91 Å². The minimum absolute atomic E-state index is 0.0812. The highest BCUT2D eigenvalue weighted by atomic mass is 16.7. The predicted octanol–water partition coefficient (Wildman–Crippen LogP) is 3.09. The molecule has 1 N–H and O–H groups in total. The van der Waals surface area contributed by atoms with Gasteiger partial charge in [0.15, 0.2) is 0 Å². The van der Waals surface area contributed by atoms with Crippen molar-refractivity contribution in [3.8, 4) is 6.01 Å². The van der Waals surface area contributed by atoms with Gasteiger partial charge >= 0.3 is 19.2 Å². The topological polar surface area (TPSA) is 112 Å². The molecule has 2 aliphatic rings. The molecule has 10 nitrogen and oxygen atoms in total. The number of piperidine rings is 1. The molecule has 2 fully saturated rings. The van der Waals surface area contributed by atoms with Gasteiger partial charge in [0.1, 0.15) is 11.6 Å². The van der Waals surface area contributed by atoms with Crippen LogP contribution in [0.5, 0.6) is 6.01 Å². The molecule has 0 aliphatic carbocycles. The third-order valence-corrected chi connectivity index (χ3v) is 7.10. The van der Waals surface area contributed by atoms with Crippen LogP contribution in [0.2, 0.25) is 0 Å². The molecule has 2 atom stereocenters. The zero-order valence-corrected chi connectivity index (χ0v) is 23.6. The summed E-state index contributed by atoms with van der Waals surface area (Å²) in [6.07, 6.45) is 6.56. The first kappa shape index (κ1) is 29.2. The van der Waals surface area contributed by atoms with Gasteiger partial charge in [-0.15, -0.1) is 0 Å². The molecule has 3 heterocycles. The molecule has 0 bridgehead atoms. The van der Waals surface area contributed by atoms with Gasteiger partial charge in [0.25, 0.3) is 0 Å². The van der Waals surface area contributed by atoms with E-state index < -0.39 is 36.1 Å². The van der Waals surface area contributed by atoms with Gasteiger partial charge in [-0.2, -0.15) is 0 Å². The van der Waals surface area contributed by atoms with E-state index >= 15 is 0 Å². The molecule has 2 saturated heterocycles. The third-order valence-electron chi connectivity index (χ3n) is 7.10. The van der Waals surface area contributed by atoms with E-state index in [1.54, 1.807) is 40.1 Å². The maximum atomic E-state index is 12.9. The summed E-state index contributed by atoms with van der Waals surface area (Å²) in [7, 11) is -0.502. The van der Waals surface area contributed by atoms with E-state index in [1.807, 2.05) is 32.6 Å². The van der Waals surface area contributed by atoms with Crippen LogP contribution >= 0.6 is 0 Å². The molecule has 11 heteroatoms. The van der Waals surface area contributed by atoms with Crippen molar-refractivity contribution in [3.05, 3.63) is 12.4 Å². The van der Waals surface area contributed by atoms with Crippen molar-refractivity contribution in [2.45, 2.75) is 104 Å². The second-order valence-electron chi connectivity index (χ2n) is 12.0. The van der Waals surface area contributed by atoms with E-state index in [4.69, 9.17) is 18.8 Å². The lowest BCUT2D eigenvalue weighted by molar-refractivity contribution is -0.134. The van der Waals surface area contributed by atoms with Gasteiger partial charge < -0.3 is 29.0 Å². The monoisotopic (exact) mass is 518 g/mol. The quantitative estimate of drug-likeness (QED) is 0.413. The SMILES string of the molecule is C[C@@H](NC(=O)OC(C)(C)C)C(=O)N1CCC[C@@H](CCCOc2ncc(B3OC(C)(C)C(C)(C)O3)cn2)C1. The minimum Gasteiger partial charge on any atom is -0.463 e. The molecule has 0 radical (unpaired) electrons. The number of aromatic nitrogens is 2. The first-order valence-electron chi connectivity index (χ1n) is 13.3. The fourth-order valence-electron chi connectivity index (χ4n) is 4.36. The van der Waals surface area contributed by atoms with Crippen LogP contribution in [0.4, 0.5) is 4.79 Å². The second-order valence-corrected chi connectivity index (χ2v) is 12.0. The van der Waals surface area contributed by atoms with Crippen molar-refractivity contribution in [2.75, 3.05) is 19.7 Å². The molecule has 0 unspecified atom stereocenters. The Hall–Kier alpha value is -2.40. The molecular weight excluding hydrogens is 475 g/mol. The van der Waals surface area contributed by atoms with Gasteiger partial charge in [-0.25, -0.2) is 14.8 Å². The average Bonchev–Trinajstić information content (AvgIpc) is 3.02. The Balaban J connectivity index is 1.39. The predicted molar refractivity (Wildman–Crippen MR) is 141 cm³/mol. The second kappa shape index (κ2) is 11.6. The average molecular weight is 518 g/mol. The van der Waals surface area contributed by atoms with Crippen molar-refractivity contribution in [3.63, 3.8) is 0 Å². The van der Waals surface area contributed by atoms with Crippen LogP contribution in [0.3, 0.4) is 0 Å². The summed E-state index contributed by atoms with van der Waals surface area (Å²) < 4.78 is 23.1. The van der Waals surface area contributed by atoms with E-state index in [0.29, 0.717) is 31.6 Å². The van der Waals surface area contributed by atoms with Crippen LogP contribution in [-0.4, -0.2) is 76.5 Å². The number of alkyl carbamates (subject to hydrolysis) is 1. The van der Waals surface area contributed by atoms with E-state index in [1.165, 1.54) is 0 Å². The van der Waals surface area contributed by atoms with Crippen molar-refractivity contribution in [1.29, 1.82) is 0 Å². The summed E-state index contributed by atoms with van der Waals surface area (Å²) in [6.45, 7) is 17.0. The fraction of sp³-hybridized carbons (Fsp3) is 0.769. The van der Waals surface area contributed by atoms with Crippen LogP contribution in [0.1, 0.15) is 81.1 Å². The number of ether oxygens (including phenoxy) is 2. The number of nitrogens with one attached hydrogen (secondary N) is 1. The highest BCUT2D eigenvalue weighted by Crippen LogP contribution is 2.36. The number of nitrogens with zero attached hydrogens (tertiary/aromatic N) is 3. The lowest BCUT2D eigenvalue weighted by atomic mass is 9.81. The molecular formula is C26H43BN4O6. The van der Waals surface area contributed by atoms with Gasteiger partial charge in [0.2, 0.25) is 5.91 Å². The zero-order valence-electron chi connectivity index (χ0n) is 23.6. The van der Waals surface area contributed by atoms with Gasteiger partial charge in [-0.05, 0) is 87.0 Å². The molecule has 3 rings (SSSR count). The number of hydrogen-bond acceptors (Lipinski definition) is 8. The van der Waals surface area contributed by atoms with Crippen LogP contribution in [-0.2, 0) is 18.8 Å². The van der Waals surface area contributed by atoms with E-state index in [9.17, 15) is 9.59 Å². The van der Waals surface area contributed by atoms with Crippen molar-refractivity contribution in [1.82, 2.24) is 20.2 Å². The van der Waals surface area contributed by atoms with Crippen LogP contribution in [0, 0.1) is 5.92 Å². The van der Waals surface area contributed by atoms with E-state index in [2.05, 4.69) is 15.3 Å². The van der Waals surface area contributed by atoms with Crippen molar-refractivity contribution < 1.29 is 28.4 Å². The fourth-order valence-corrected chi connectivity index (χ4v) is 4.36. The lowest BCUT2D eigenvalue weighted by Crippen LogP contribution is -2.50. The highest BCUT2D eigenvalue weighted by molar-refractivity contribution is 6.61. The largest absolute Gasteiger partial charge is 0.498 e. The molecule has 0 spiro atoms. The van der Waals surface area contributed by atoms with Crippen LogP contribution < -0.4 is 15.5 Å². The highest BCUT2D eigenvalue weighted by Gasteiger charge is 2.52. The maximum Gasteiger partial charge on any atom is 0.498 e. The molecule has 0 aromatic carbocycles.